The molecule has 0 aliphatic heterocycles. The van der Waals surface area contributed by atoms with Crippen LogP contribution in [-0.2, 0) is 6.11 Å². The highest BCUT2D eigenvalue weighted by Gasteiger charge is 2.41. The highest BCUT2D eigenvalue weighted by molar-refractivity contribution is 5.87. The average molecular weight is 546 g/mol. The van der Waals surface area contributed by atoms with Crippen LogP contribution >= 0.6 is 0 Å². The molecule has 0 amide bonds. The summed E-state index contributed by atoms with van der Waals surface area (Å²) in [6.07, 6.45) is -9.93. The first-order valence-electron chi connectivity index (χ1n) is 10.2. The van der Waals surface area contributed by atoms with Gasteiger partial charge in [0.15, 0.2) is 5.82 Å². The van der Waals surface area contributed by atoms with E-state index in [-0.39, 0.29) is 11.6 Å². The predicted molar refractivity (Wildman–Crippen MR) is 113 cm³/mol. The zero-order valence-corrected chi connectivity index (χ0v) is 18.3. The smallest absolute Gasteiger partial charge is 0.429 e. The molecule has 0 N–H and O–H groups in total. The number of fused-ring (bicyclic) bond motifs is 1. The zero-order chi connectivity index (χ0) is 28.0. The van der Waals surface area contributed by atoms with E-state index in [2.05, 4.69) is 4.74 Å². The van der Waals surface area contributed by atoms with Crippen molar-refractivity contribution in [3.8, 4) is 28.7 Å². The maximum atomic E-state index is 14.8. The van der Waals surface area contributed by atoms with E-state index >= 15 is 0 Å². The molecule has 0 radical (unpaired) electrons. The Bertz CT molecular complexity index is 1610. The van der Waals surface area contributed by atoms with Gasteiger partial charge in [-0.15, -0.1) is 0 Å². The third-order valence-corrected chi connectivity index (χ3v) is 5.15. The molecule has 0 saturated heterocycles. The summed E-state index contributed by atoms with van der Waals surface area (Å²) in [6, 6.07) is 6.54. The summed E-state index contributed by atoms with van der Waals surface area (Å²) in [6.45, 7) is 0. The minimum Gasteiger partial charge on any atom is -0.429 e. The van der Waals surface area contributed by atoms with Crippen molar-refractivity contribution in [2.45, 2.75) is 12.3 Å². The Morgan fingerprint density at radius 3 is 1.89 bits per heavy atom. The third-order valence-electron chi connectivity index (χ3n) is 5.15. The average Bonchev–Trinajstić information content (AvgIpc) is 2.76. The van der Waals surface area contributed by atoms with Crippen LogP contribution in [0.1, 0.15) is 11.1 Å². The van der Waals surface area contributed by atoms with E-state index in [0.29, 0.717) is 30.2 Å². The molecular weight excluding hydrogens is 537 g/mol. The van der Waals surface area contributed by atoms with Crippen LogP contribution in [0.2, 0.25) is 0 Å². The molecule has 0 bridgehead atoms. The van der Waals surface area contributed by atoms with Crippen molar-refractivity contribution in [2.75, 3.05) is 0 Å². The predicted octanol–water partition coefficient (Wildman–Crippen LogP) is 8.38. The van der Waals surface area contributed by atoms with Gasteiger partial charge in [0.2, 0.25) is 0 Å². The molecule has 38 heavy (non-hydrogen) atoms. The Labute approximate surface area is 206 Å². The van der Waals surface area contributed by atoms with Gasteiger partial charge in [0.1, 0.15) is 40.4 Å². The second kappa shape index (κ2) is 9.55. The molecule has 0 spiro atoms. The number of hydrogen-bond acceptors (Lipinski definition) is 1. The van der Waals surface area contributed by atoms with Gasteiger partial charge in [0.05, 0.1) is 10.9 Å². The molecule has 4 rings (SSSR count). The maximum absolute atomic E-state index is 14.8. The Morgan fingerprint density at radius 2 is 1.29 bits per heavy atom. The third kappa shape index (κ3) is 5.22. The fourth-order valence-electron chi connectivity index (χ4n) is 3.59. The van der Waals surface area contributed by atoms with Crippen molar-refractivity contribution < 1.29 is 53.0 Å². The molecule has 1 nitrogen and oxygen atoms in total. The van der Waals surface area contributed by atoms with E-state index < -0.39 is 80.4 Å². The number of benzene rings is 4. The number of alkyl halides is 5. The Morgan fingerprint density at radius 1 is 0.658 bits per heavy atom. The van der Waals surface area contributed by atoms with Crippen molar-refractivity contribution in [3.63, 3.8) is 0 Å². The summed E-state index contributed by atoms with van der Waals surface area (Å²) in [7, 11) is 0. The molecule has 0 unspecified atom stereocenters. The molecule has 0 atom stereocenters. The lowest BCUT2D eigenvalue weighted by molar-refractivity contribution is -0.189. The second-order valence-corrected chi connectivity index (χ2v) is 7.71. The first-order chi connectivity index (χ1) is 17.7. The standard InChI is InChI=1S/C26H9F11O/c27-17-4-2-1-3-15(17)12-8-20(30)23(21(31)9-12)26(36,37)38-14-7-13-10-18(28)16(5-6-25(33,34)35)24(32)22(13)19(29)11-14/h1-4,7-11H. The van der Waals surface area contributed by atoms with Crippen molar-refractivity contribution in [3.05, 3.63) is 101 Å². The lowest BCUT2D eigenvalue weighted by Gasteiger charge is -2.20. The van der Waals surface area contributed by atoms with Gasteiger partial charge in [-0.2, -0.15) is 22.0 Å². The van der Waals surface area contributed by atoms with Crippen molar-refractivity contribution in [1.82, 2.24) is 0 Å². The molecular formula is C26H9F11O. The van der Waals surface area contributed by atoms with Crippen molar-refractivity contribution >= 4 is 10.8 Å². The van der Waals surface area contributed by atoms with Crippen LogP contribution in [0.25, 0.3) is 21.9 Å². The van der Waals surface area contributed by atoms with Crippen molar-refractivity contribution in [1.29, 1.82) is 0 Å². The van der Waals surface area contributed by atoms with Crippen LogP contribution in [-0.4, -0.2) is 6.18 Å². The van der Waals surface area contributed by atoms with Crippen LogP contribution in [0.15, 0.2) is 54.6 Å². The largest absolute Gasteiger partial charge is 0.458 e. The van der Waals surface area contributed by atoms with Crippen LogP contribution < -0.4 is 4.74 Å². The Kier molecular flexibility index (Phi) is 6.73. The van der Waals surface area contributed by atoms with E-state index in [4.69, 9.17) is 0 Å². The topological polar surface area (TPSA) is 9.23 Å². The molecule has 0 fully saturated rings. The summed E-state index contributed by atoms with van der Waals surface area (Å²) in [5, 5.41) is -1.86. The second-order valence-electron chi connectivity index (χ2n) is 7.71. The highest BCUT2D eigenvalue weighted by Crippen LogP contribution is 2.39. The van der Waals surface area contributed by atoms with Crippen LogP contribution in [0.3, 0.4) is 0 Å². The molecule has 12 heteroatoms. The van der Waals surface area contributed by atoms with Crippen LogP contribution in [0.4, 0.5) is 48.3 Å². The minimum absolute atomic E-state index is 0.154. The molecule has 0 aliphatic rings. The first kappa shape index (κ1) is 26.8. The molecule has 0 heterocycles. The Balaban J connectivity index is 1.74. The number of rotatable bonds is 4. The summed E-state index contributed by atoms with van der Waals surface area (Å²) in [4.78, 5) is 0. The van der Waals surface area contributed by atoms with Gasteiger partial charge in [0.25, 0.3) is 0 Å². The van der Waals surface area contributed by atoms with E-state index in [9.17, 15) is 48.3 Å². The van der Waals surface area contributed by atoms with Gasteiger partial charge in [-0.25, -0.2) is 26.3 Å². The van der Waals surface area contributed by atoms with E-state index in [1.54, 1.807) is 0 Å². The maximum Gasteiger partial charge on any atom is 0.458 e. The summed E-state index contributed by atoms with van der Waals surface area (Å²) in [5.74, 6) is -9.08. The van der Waals surface area contributed by atoms with Gasteiger partial charge >= 0.3 is 12.3 Å². The fraction of sp³-hybridized carbons (Fsp3) is 0.0769. The molecule has 4 aromatic carbocycles. The molecule has 4 aromatic rings. The lowest BCUT2D eigenvalue weighted by atomic mass is 10.0. The van der Waals surface area contributed by atoms with Crippen LogP contribution in [0.5, 0.6) is 5.75 Å². The van der Waals surface area contributed by atoms with Gasteiger partial charge in [0, 0.05) is 17.6 Å². The van der Waals surface area contributed by atoms with E-state index in [0.717, 1.165) is 12.1 Å². The monoisotopic (exact) mass is 546 g/mol. The fourth-order valence-corrected chi connectivity index (χ4v) is 3.59. The van der Waals surface area contributed by atoms with Gasteiger partial charge in [-0.05, 0) is 41.3 Å². The molecule has 0 saturated carbocycles. The highest BCUT2D eigenvalue weighted by atomic mass is 19.4. The van der Waals surface area contributed by atoms with Gasteiger partial charge < -0.3 is 4.74 Å². The van der Waals surface area contributed by atoms with Gasteiger partial charge in [-0.1, -0.05) is 24.1 Å². The van der Waals surface area contributed by atoms with E-state index in [1.807, 2.05) is 0 Å². The van der Waals surface area contributed by atoms with Gasteiger partial charge in [-0.3, -0.25) is 0 Å². The summed E-state index contributed by atoms with van der Waals surface area (Å²) >= 11 is 0. The number of halogens is 11. The molecule has 196 valence electrons. The Hall–Kier alpha value is -4.27. The van der Waals surface area contributed by atoms with Crippen molar-refractivity contribution in [2.24, 2.45) is 0 Å². The number of hydrogen-bond donors (Lipinski definition) is 0. The molecule has 0 aliphatic carbocycles. The minimum atomic E-state index is -5.12. The van der Waals surface area contributed by atoms with Crippen LogP contribution in [0, 0.1) is 46.7 Å². The zero-order valence-electron chi connectivity index (χ0n) is 18.3. The lowest BCUT2D eigenvalue weighted by Crippen LogP contribution is -2.25. The number of ether oxygens (including phenoxy) is 1. The summed E-state index contributed by atoms with van der Waals surface area (Å²) in [5.41, 5.74) is -4.05. The van der Waals surface area contributed by atoms with E-state index in [1.165, 1.54) is 18.1 Å². The SMILES string of the molecule is Fc1ccccc1-c1cc(F)c(C(F)(F)Oc2cc(F)c3c(F)c(C#CC(F)(F)F)c(F)cc3c2)c(F)c1. The quantitative estimate of drug-likeness (QED) is 0.185. The summed E-state index contributed by atoms with van der Waals surface area (Å²) < 4.78 is 157. The molecule has 0 aromatic heterocycles. The first-order valence-corrected chi connectivity index (χ1v) is 10.2. The normalized spacial score (nSPS) is 11.9.